The van der Waals surface area contributed by atoms with Crippen LogP contribution in [0.2, 0.25) is 0 Å². The molecule has 6 heteroatoms. The Morgan fingerprint density at radius 3 is 2.83 bits per heavy atom. The Balaban J connectivity index is 2.06. The molecule has 2 N–H and O–H groups in total. The molecule has 0 saturated carbocycles. The molecule has 2 aromatic heterocycles. The van der Waals surface area contributed by atoms with Gasteiger partial charge in [0.1, 0.15) is 5.01 Å². The van der Waals surface area contributed by atoms with Gasteiger partial charge >= 0.3 is 0 Å². The van der Waals surface area contributed by atoms with Crippen molar-refractivity contribution in [3.05, 3.63) is 27.8 Å². The molecule has 2 aromatic rings. The van der Waals surface area contributed by atoms with Gasteiger partial charge in [0.05, 0.1) is 12.5 Å². The summed E-state index contributed by atoms with van der Waals surface area (Å²) in [6, 6.07) is -0.186. The maximum atomic E-state index is 6.05. The third kappa shape index (κ3) is 2.94. The Bertz CT molecular complexity index is 508. The van der Waals surface area contributed by atoms with Crippen LogP contribution < -0.4 is 5.73 Å². The number of aromatic nitrogens is 3. The van der Waals surface area contributed by atoms with Gasteiger partial charge in [0.25, 0.3) is 0 Å². The lowest BCUT2D eigenvalue weighted by Crippen LogP contribution is -2.18. The molecule has 2 atom stereocenters. The fourth-order valence-electron chi connectivity index (χ4n) is 1.59. The molecular formula is C12H18N4OS. The molecule has 2 rings (SSSR count). The van der Waals surface area contributed by atoms with Gasteiger partial charge in [0.2, 0.25) is 5.89 Å². The van der Waals surface area contributed by atoms with Gasteiger partial charge in [-0.15, -0.1) is 11.3 Å². The zero-order chi connectivity index (χ0) is 13.1. The summed E-state index contributed by atoms with van der Waals surface area (Å²) in [6.07, 6.45) is 1.60. The minimum atomic E-state index is -0.186. The van der Waals surface area contributed by atoms with Gasteiger partial charge in [-0.3, -0.25) is 0 Å². The van der Waals surface area contributed by atoms with E-state index in [0.29, 0.717) is 24.1 Å². The number of rotatable bonds is 5. The Kier molecular flexibility index (Phi) is 4.08. The van der Waals surface area contributed by atoms with Gasteiger partial charge in [-0.1, -0.05) is 25.4 Å². The minimum Gasteiger partial charge on any atom is -0.338 e. The van der Waals surface area contributed by atoms with Crippen LogP contribution in [0.4, 0.5) is 0 Å². The SMILES string of the molecule is CCC(C)C(N)c1nc(Cc2nc(C)cs2)no1. The number of hydrogen-bond donors (Lipinski definition) is 1. The molecule has 0 spiro atoms. The van der Waals surface area contributed by atoms with Crippen LogP contribution in [0, 0.1) is 12.8 Å². The Hall–Kier alpha value is -1.27. The van der Waals surface area contributed by atoms with Crippen LogP contribution in [0.3, 0.4) is 0 Å². The number of thiazole rings is 1. The van der Waals surface area contributed by atoms with Crippen molar-refractivity contribution in [3.63, 3.8) is 0 Å². The third-order valence-electron chi connectivity index (χ3n) is 3.00. The van der Waals surface area contributed by atoms with Crippen LogP contribution >= 0.6 is 11.3 Å². The fourth-order valence-corrected chi connectivity index (χ4v) is 2.36. The maximum absolute atomic E-state index is 6.05. The molecule has 5 nitrogen and oxygen atoms in total. The molecular weight excluding hydrogens is 248 g/mol. The Morgan fingerprint density at radius 2 is 2.22 bits per heavy atom. The topological polar surface area (TPSA) is 77.8 Å². The third-order valence-corrected chi connectivity index (χ3v) is 3.97. The zero-order valence-corrected chi connectivity index (χ0v) is 11.7. The van der Waals surface area contributed by atoms with Crippen molar-refractivity contribution >= 4 is 11.3 Å². The van der Waals surface area contributed by atoms with E-state index in [2.05, 4.69) is 29.0 Å². The van der Waals surface area contributed by atoms with Crippen molar-refractivity contribution in [2.45, 2.75) is 39.7 Å². The van der Waals surface area contributed by atoms with Gasteiger partial charge in [0.15, 0.2) is 5.82 Å². The van der Waals surface area contributed by atoms with E-state index >= 15 is 0 Å². The van der Waals surface area contributed by atoms with E-state index in [1.807, 2.05) is 12.3 Å². The number of aryl methyl sites for hydroxylation is 1. The first-order chi connectivity index (χ1) is 8.60. The lowest BCUT2D eigenvalue weighted by atomic mass is 10.0. The predicted molar refractivity (Wildman–Crippen MR) is 70.3 cm³/mol. The number of hydrogen-bond acceptors (Lipinski definition) is 6. The van der Waals surface area contributed by atoms with Crippen LogP contribution in [-0.2, 0) is 6.42 Å². The van der Waals surface area contributed by atoms with Crippen molar-refractivity contribution in [3.8, 4) is 0 Å². The first-order valence-electron chi connectivity index (χ1n) is 6.09. The normalized spacial score (nSPS) is 14.7. The van der Waals surface area contributed by atoms with Crippen LogP contribution in [0.25, 0.3) is 0 Å². The van der Waals surface area contributed by atoms with Gasteiger partial charge in [0, 0.05) is 11.1 Å². The molecule has 0 fully saturated rings. The molecule has 0 bridgehead atoms. The average Bonchev–Trinajstić information content (AvgIpc) is 2.97. The molecule has 0 aliphatic rings. The van der Waals surface area contributed by atoms with E-state index in [4.69, 9.17) is 10.3 Å². The summed E-state index contributed by atoms with van der Waals surface area (Å²) in [6.45, 7) is 6.15. The van der Waals surface area contributed by atoms with E-state index in [1.54, 1.807) is 11.3 Å². The molecule has 0 amide bonds. The van der Waals surface area contributed by atoms with Gasteiger partial charge in [-0.25, -0.2) is 4.98 Å². The van der Waals surface area contributed by atoms with Gasteiger partial charge in [-0.05, 0) is 12.8 Å². The summed E-state index contributed by atoms with van der Waals surface area (Å²) in [5.74, 6) is 1.51. The second-order valence-electron chi connectivity index (χ2n) is 4.52. The van der Waals surface area contributed by atoms with Gasteiger partial charge < -0.3 is 10.3 Å². The molecule has 2 heterocycles. The van der Waals surface area contributed by atoms with Crippen molar-refractivity contribution < 1.29 is 4.52 Å². The first kappa shape index (κ1) is 13.2. The summed E-state index contributed by atoms with van der Waals surface area (Å²) in [5, 5.41) is 6.97. The highest BCUT2D eigenvalue weighted by Gasteiger charge is 2.20. The molecule has 0 radical (unpaired) electrons. The lowest BCUT2D eigenvalue weighted by molar-refractivity contribution is 0.310. The van der Waals surface area contributed by atoms with Crippen LogP contribution in [0.5, 0.6) is 0 Å². The van der Waals surface area contributed by atoms with Crippen LogP contribution in [-0.4, -0.2) is 15.1 Å². The largest absolute Gasteiger partial charge is 0.338 e. The van der Waals surface area contributed by atoms with Crippen molar-refractivity contribution in [1.82, 2.24) is 15.1 Å². The summed E-state index contributed by atoms with van der Waals surface area (Å²) in [4.78, 5) is 8.72. The van der Waals surface area contributed by atoms with E-state index in [-0.39, 0.29) is 6.04 Å². The van der Waals surface area contributed by atoms with Crippen molar-refractivity contribution in [2.24, 2.45) is 11.7 Å². The summed E-state index contributed by atoms with van der Waals surface area (Å²) < 4.78 is 5.22. The number of nitrogens with zero attached hydrogens (tertiary/aromatic N) is 3. The van der Waals surface area contributed by atoms with E-state index in [1.165, 1.54) is 0 Å². The minimum absolute atomic E-state index is 0.186. The molecule has 0 aromatic carbocycles. The maximum Gasteiger partial charge on any atom is 0.243 e. The van der Waals surface area contributed by atoms with E-state index in [0.717, 1.165) is 17.1 Å². The molecule has 98 valence electrons. The molecule has 18 heavy (non-hydrogen) atoms. The van der Waals surface area contributed by atoms with Crippen molar-refractivity contribution in [1.29, 1.82) is 0 Å². The Morgan fingerprint density at radius 1 is 1.44 bits per heavy atom. The molecule has 0 aliphatic carbocycles. The second-order valence-corrected chi connectivity index (χ2v) is 5.46. The Labute approximate surface area is 110 Å². The summed E-state index contributed by atoms with van der Waals surface area (Å²) in [5.41, 5.74) is 7.07. The fraction of sp³-hybridized carbons (Fsp3) is 0.583. The summed E-state index contributed by atoms with van der Waals surface area (Å²) in [7, 11) is 0. The zero-order valence-electron chi connectivity index (χ0n) is 10.9. The molecule has 0 aliphatic heterocycles. The van der Waals surface area contributed by atoms with Crippen LogP contribution in [0.1, 0.15) is 48.7 Å². The second kappa shape index (κ2) is 5.58. The average molecular weight is 266 g/mol. The monoisotopic (exact) mass is 266 g/mol. The van der Waals surface area contributed by atoms with Crippen molar-refractivity contribution in [2.75, 3.05) is 0 Å². The van der Waals surface area contributed by atoms with Crippen LogP contribution in [0.15, 0.2) is 9.90 Å². The quantitative estimate of drug-likeness (QED) is 0.899. The first-order valence-corrected chi connectivity index (χ1v) is 6.97. The van der Waals surface area contributed by atoms with E-state index < -0.39 is 0 Å². The highest BCUT2D eigenvalue weighted by Crippen LogP contribution is 2.21. The highest BCUT2D eigenvalue weighted by molar-refractivity contribution is 7.09. The molecule has 2 unspecified atom stereocenters. The highest BCUT2D eigenvalue weighted by atomic mass is 32.1. The number of nitrogens with two attached hydrogens (primary N) is 1. The lowest BCUT2D eigenvalue weighted by Gasteiger charge is -2.12. The summed E-state index contributed by atoms with van der Waals surface area (Å²) >= 11 is 1.61. The van der Waals surface area contributed by atoms with E-state index in [9.17, 15) is 0 Å². The van der Waals surface area contributed by atoms with Gasteiger partial charge in [-0.2, -0.15) is 4.98 Å². The molecule has 0 saturated heterocycles. The smallest absolute Gasteiger partial charge is 0.243 e. The predicted octanol–water partition coefficient (Wildman–Crippen LogP) is 2.47. The standard InChI is InChI=1S/C12H18N4OS/c1-4-7(2)11(13)12-15-9(16-17-12)5-10-14-8(3)6-18-10/h6-7,11H,4-5,13H2,1-3H3.